The minimum atomic E-state index is -0.536. The molecule has 0 aliphatic rings. The molecule has 0 bridgehead atoms. The van der Waals surface area contributed by atoms with Crippen LogP contribution in [0.2, 0.25) is 5.02 Å². The zero-order valence-corrected chi connectivity index (χ0v) is 12.1. The lowest BCUT2D eigenvalue weighted by atomic mass is 10.2. The molecule has 22 heavy (non-hydrogen) atoms. The Balaban J connectivity index is 2.01. The van der Waals surface area contributed by atoms with Crippen molar-refractivity contribution in [3.63, 3.8) is 0 Å². The Labute approximate surface area is 131 Å². The molecule has 4 nitrogen and oxygen atoms in total. The minimum absolute atomic E-state index is 0.00963. The molecule has 0 fully saturated rings. The number of amides is 2. The fourth-order valence-electron chi connectivity index (χ4n) is 1.69. The lowest BCUT2D eigenvalue weighted by Crippen LogP contribution is -2.11. The van der Waals surface area contributed by atoms with Crippen molar-refractivity contribution < 1.29 is 14.0 Å². The topological polar surface area (TPSA) is 72.2 Å². The van der Waals surface area contributed by atoms with Gasteiger partial charge in [-0.3, -0.25) is 9.59 Å². The molecule has 0 saturated heterocycles. The summed E-state index contributed by atoms with van der Waals surface area (Å²) in [6.45, 7) is 0. The number of rotatable bonds is 4. The van der Waals surface area contributed by atoms with Gasteiger partial charge in [-0.1, -0.05) is 17.7 Å². The average molecular weight is 319 g/mol. The summed E-state index contributed by atoms with van der Waals surface area (Å²) in [5, 5.41) is 2.61. The third-order valence-electron chi connectivity index (χ3n) is 2.81. The van der Waals surface area contributed by atoms with E-state index in [0.717, 1.165) is 0 Å². The van der Waals surface area contributed by atoms with Gasteiger partial charge in [0.1, 0.15) is 5.82 Å². The second kappa shape index (κ2) is 6.87. The minimum Gasteiger partial charge on any atom is -0.366 e. The van der Waals surface area contributed by atoms with Gasteiger partial charge in [0.05, 0.1) is 5.02 Å². The number of nitrogens with two attached hydrogens (primary N) is 1. The summed E-state index contributed by atoms with van der Waals surface area (Å²) < 4.78 is 13.0. The van der Waals surface area contributed by atoms with Crippen LogP contribution in [-0.4, -0.2) is 11.8 Å². The van der Waals surface area contributed by atoms with Crippen LogP contribution in [0.15, 0.2) is 48.5 Å². The predicted octanol–water partition coefficient (Wildman–Crippen LogP) is 3.23. The second-order valence-corrected chi connectivity index (χ2v) is 4.84. The molecule has 2 amide bonds. The first-order valence-corrected chi connectivity index (χ1v) is 6.67. The molecule has 6 heteroatoms. The fourth-order valence-corrected chi connectivity index (χ4v) is 1.88. The molecule has 3 N–H and O–H groups in total. The van der Waals surface area contributed by atoms with E-state index >= 15 is 0 Å². The Kier molecular flexibility index (Phi) is 4.91. The Hall–Kier alpha value is -2.66. The normalized spacial score (nSPS) is 10.6. The van der Waals surface area contributed by atoms with Crippen molar-refractivity contribution in [1.29, 1.82) is 0 Å². The summed E-state index contributed by atoms with van der Waals surface area (Å²) in [7, 11) is 0. The molecule has 2 aromatic rings. The van der Waals surface area contributed by atoms with Crippen LogP contribution >= 0.6 is 11.6 Å². The number of halogens is 2. The van der Waals surface area contributed by atoms with Crippen molar-refractivity contribution in [3.8, 4) is 0 Å². The van der Waals surface area contributed by atoms with Crippen LogP contribution in [0, 0.1) is 5.82 Å². The van der Waals surface area contributed by atoms with Crippen LogP contribution < -0.4 is 11.1 Å². The lowest BCUT2D eigenvalue weighted by Gasteiger charge is -2.03. The van der Waals surface area contributed by atoms with Crippen molar-refractivity contribution in [2.24, 2.45) is 5.73 Å². The van der Waals surface area contributed by atoms with E-state index in [9.17, 15) is 14.0 Å². The highest BCUT2D eigenvalue weighted by Gasteiger charge is 2.02. The Morgan fingerprint density at radius 2 is 1.82 bits per heavy atom. The van der Waals surface area contributed by atoms with Crippen LogP contribution in [-0.2, 0) is 4.79 Å². The van der Waals surface area contributed by atoms with Gasteiger partial charge in [0.2, 0.25) is 11.8 Å². The Bertz CT molecular complexity index is 742. The van der Waals surface area contributed by atoms with Crippen LogP contribution in [0.3, 0.4) is 0 Å². The van der Waals surface area contributed by atoms with E-state index in [1.807, 2.05) is 0 Å². The molecule has 0 radical (unpaired) electrons. The number of carbonyl (C=O) groups is 2. The van der Waals surface area contributed by atoms with Gasteiger partial charge in [0.25, 0.3) is 0 Å². The highest BCUT2D eigenvalue weighted by atomic mass is 35.5. The fraction of sp³-hybridized carbons (Fsp3) is 0. The van der Waals surface area contributed by atoms with E-state index in [1.54, 1.807) is 12.1 Å². The third-order valence-corrected chi connectivity index (χ3v) is 3.10. The third kappa shape index (κ3) is 4.17. The summed E-state index contributed by atoms with van der Waals surface area (Å²) in [4.78, 5) is 22.7. The first-order valence-electron chi connectivity index (χ1n) is 6.29. The van der Waals surface area contributed by atoms with Crippen molar-refractivity contribution in [1.82, 2.24) is 0 Å². The highest BCUT2D eigenvalue weighted by Crippen LogP contribution is 2.17. The molecular formula is C16H12ClFN2O2. The zero-order chi connectivity index (χ0) is 16.1. The zero-order valence-electron chi connectivity index (χ0n) is 11.3. The molecule has 0 unspecified atom stereocenters. The number of hydrogen-bond acceptors (Lipinski definition) is 2. The van der Waals surface area contributed by atoms with Crippen LogP contribution in [0.4, 0.5) is 10.1 Å². The summed E-state index contributed by atoms with van der Waals surface area (Å²) in [6, 6.07) is 10.3. The van der Waals surface area contributed by atoms with Crippen LogP contribution in [0.1, 0.15) is 15.9 Å². The average Bonchev–Trinajstić information content (AvgIpc) is 2.49. The smallest absolute Gasteiger partial charge is 0.248 e. The number of hydrogen-bond donors (Lipinski definition) is 2. The molecule has 0 aromatic heterocycles. The second-order valence-electron chi connectivity index (χ2n) is 4.44. The highest BCUT2D eigenvalue weighted by molar-refractivity contribution is 6.30. The number of carbonyl (C=O) groups excluding carboxylic acids is 2. The van der Waals surface area contributed by atoms with Gasteiger partial charge in [-0.2, -0.15) is 0 Å². The van der Waals surface area contributed by atoms with Crippen molar-refractivity contribution in [2.45, 2.75) is 0 Å². The summed E-state index contributed by atoms with van der Waals surface area (Å²) in [5.74, 6) is -1.42. The van der Waals surface area contributed by atoms with E-state index in [2.05, 4.69) is 5.32 Å². The largest absolute Gasteiger partial charge is 0.366 e. The number of primary amides is 1. The monoisotopic (exact) mass is 318 g/mol. The molecule has 0 atom stereocenters. The summed E-state index contributed by atoms with van der Waals surface area (Å²) in [5.41, 5.74) is 6.61. The quantitative estimate of drug-likeness (QED) is 0.849. The molecule has 2 rings (SSSR count). The molecule has 0 spiro atoms. The van der Waals surface area contributed by atoms with Crippen molar-refractivity contribution >= 4 is 35.2 Å². The van der Waals surface area contributed by atoms with E-state index in [4.69, 9.17) is 17.3 Å². The lowest BCUT2D eigenvalue weighted by molar-refractivity contribution is -0.111. The van der Waals surface area contributed by atoms with E-state index in [0.29, 0.717) is 16.8 Å². The first kappa shape index (κ1) is 15.7. The molecule has 0 aliphatic heterocycles. The number of benzene rings is 2. The van der Waals surface area contributed by atoms with Gasteiger partial charge in [0.15, 0.2) is 0 Å². The maximum absolute atomic E-state index is 13.0. The van der Waals surface area contributed by atoms with Gasteiger partial charge in [-0.25, -0.2) is 4.39 Å². The van der Waals surface area contributed by atoms with Gasteiger partial charge in [-0.05, 0) is 48.0 Å². The van der Waals surface area contributed by atoms with E-state index in [1.165, 1.54) is 42.5 Å². The molecule has 2 aromatic carbocycles. The Morgan fingerprint density at radius 3 is 2.41 bits per heavy atom. The molecule has 0 aliphatic carbocycles. The summed E-state index contributed by atoms with van der Waals surface area (Å²) in [6.07, 6.45) is 2.81. The predicted molar refractivity (Wildman–Crippen MR) is 84.0 cm³/mol. The van der Waals surface area contributed by atoms with E-state index < -0.39 is 11.7 Å². The SMILES string of the molecule is NC(=O)c1ccc(NC(=O)/C=C/c2ccc(F)c(Cl)c2)cc1. The molecule has 112 valence electrons. The van der Waals surface area contributed by atoms with E-state index in [-0.39, 0.29) is 10.9 Å². The van der Waals surface area contributed by atoms with Gasteiger partial charge in [0, 0.05) is 17.3 Å². The van der Waals surface area contributed by atoms with Crippen LogP contribution in [0.5, 0.6) is 0 Å². The Morgan fingerprint density at radius 1 is 1.14 bits per heavy atom. The number of anilines is 1. The molecular weight excluding hydrogens is 307 g/mol. The maximum Gasteiger partial charge on any atom is 0.248 e. The van der Waals surface area contributed by atoms with Crippen LogP contribution in [0.25, 0.3) is 6.08 Å². The standard InChI is InChI=1S/C16H12ClFN2O2/c17-13-9-10(1-7-14(13)18)2-8-15(21)20-12-5-3-11(4-6-12)16(19)22/h1-9H,(H2,19,22)(H,20,21)/b8-2+. The van der Waals surface area contributed by atoms with Gasteiger partial charge >= 0.3 is 0 Å². The molecule has 0 saturated carbocycles. The molecule has 0 heterocycles. The van der Waals surface area contributed by atoms with Gasteiger partial charge in [-0.15, -0.1) is 0 Å². The number of nitrogens with one attached hydrogen (secondary N) is 1. The summed E-state index contributed by atoms with van der Waals surface area (Å²) >= 11 is 5.65. The van der Waals surface area contributed by atoms with Gasteiger partial charge < -0.3 is 11.1 Å². The first-order chi connectivity index (χ1) is 10.5. The van der Waals surface area contributed by atoms with Crippen molar-refractivity contribution in [2.75, 3.05) is 5.32 Å². The van der Waals surface area contributed by atoms with Crippen molar-refractivity contribution in [3.05, 3.63) is 70.5 Å². The maximum atomic E-state index is 13.0.